The van der Waals surface area contributed by atoms with Gasteiger partial charge in [-0.05, 0) is 48.2 Å². The molecule has 4 nitrogen and oxygen atoms in total. The van der Waals surface area contributed by atoms with Crippen LogP contribution >= 0.6 is 23.4 Å². The number of imide groups is 1. The Bertz CT molecular complexity index is 1130. The second-order valence-corrected chi connectivity index (χ2v) is 7.89. The van der Waals surface area contributed by atoms with Crippen molar-refractivity contribution in [2.24, 2.45) is 0 Å². The third-order valence-electron chi connectivity index (χ3n) is 4.63. The van der Waals surface area contributed by atoms with E-state index in [1.807, 2.05) is 42.7 Å². The number of allylic oxidation sites excluding steroid dienone is 1. The molecule has 28 heavy (non-hydrogen) atoms. The van der Waals surface area contributed by atoms with E-state index in [0.717, 1.165) is 21.7 Å². The molecule has 3 amide bonds. The number of amides is 3. The second-order valence-electron chi connectivity index (χ2n) is 6.50. The molecule has 0 bridgehead atoms. The smallest absolute Gasteiger partial charge is 0.244 e. The van der Waals surface area contributed by atoms with Gasteiger partial charge in [0.1, 0.15) is 5.71 Å². The number of anilines is 1. The van der Waals surface area contributed by atoms with Crippen molar-refractivity contribution in [3.63, 3.8) is 0 Å². The summed E-state index contributed by atoms with van der Waals surface area (Å²) < 4.78 is 1.53. The van der Waals surface area contributed by atoms with E-state index in [-0.39, 0.29) is 5.91 Å². The summed E-state index contributed by atoms with van der Waals surface area (Å²) >= 11 is 7.85. The maximum atomic E-state index is 13.0. The summed E-state index contributed by atoms with van der Waals surface area (Å²) in [6.07, 6.45) is 0. The number of fused-ring (bicyclic) bond motifs is 1. The van der Waals surface area contributed by atoms with Crippen LogP contribution < -0.4 is 4.90 Å². The Labute approximate surface area is 172 Å². The van der Waals surface area contributed by atoms with Gasteiger partial charge in [-0.25, -0.2) is 4.79 Å². The predicted molar refractivity (Wildman–Crippen MR) is 113 cm³/mol. The van der Waals surface area contributed by atoms with E-state index in [1.54, 1.807) is 25.2 Å². The SMILES string of the molecule is CC1=CSC2C(=O)N(c3ccc(C#Cc4ccccc4)cc3Cl)C(=O)[N+](C)=C12. The number of nitrogens with zero attached hydrogens (tertiary/aromatic N) is 2. The van der Waals surface area contributed by atoms with Crippen molar-refractivity contribution in [1.82, 2.24) is 0 Å². The van der Waals surface area contributed by atoms with Crippen LogP contribution in [0.4, 0.5) is 10.5 Å². The predicted octanol–water partition coefficient (Wildman–Crippen LogP) is 4.31. The maximum absolute atomic E-state index is 13.0. The van der Waals surface area contributed by atoms with Gasteiger partial charge in [0.25, 0.3) is 0 Å². The van der Waals surface area contributed by atoms with Gasteiger partial charge in [-0.3, -0.25) is 0 Å². The molecule has 0 N–H and O–H groups in total. The van der Waals surface area contributed by atoms with E-state index in [1.165, 1.54) is 16.3 Å². The van der Waals surface area contributed by atoms with Crippen molar-refractivity contribution in [3.8, 4) is 11.8 Å². The summed E-state index contributed by atoms with van der Waals surface area (Å²) in [6.45, 7) is 1.90. The molecule has 2 aromatic carbocycles. The van der Waals surface area contributed by atoms with Crippen LogP contribution in [0.15, 0.2) is 59.5 Å². The van der Waals surface area contributed by atoms with Crippen LogP contribution in [0.3, 0.4) is 0 Å². The van der Waals surface area contributed by atoms with E-state index in [0.29, 0.717) is 16.3 Å². The van der Waals surface area contributed by atoms with Crippen LogP contribution in [-0.4, -0.2) is 34.5 Å². The van der Waals surface area contributed by atoms with Crippen LogP contribution in [0.1, 0.15) is 18.1 Å². The van der Waals surface area contributed by atoms with Gasteiger partial charge >= 0.3 is 11.9 Å². The normalized spacial score (nSPS) is 18.6. The lowest BCUT2D eigenvalue weighted by Crippen LogP contribution is -2.55. The highest BCUT2D eigenvalue weighted by atomic mass is 35.5. The zero-order chi connectivity index (χ0) is 19.8. The molecule has 1 unspecified atom stereocenters. The Morgan fingerprint density at radius 2 is 1.79 bits per heavy atom. The van der Waals surface area contributed by atoms with E-state index in [9.17, 15) is 9.59 Å². The third kappa shape index (κ3) is 3.15. The van der Waals surface area contributed by atoms with Gasteiger partial charge in [-0.15, -0.1) is 16.7 Å². The standard InChI is InChI=1S/C22H16ClN2O2S/c1-14-13-28-20-19(14)24(2)22(27)25(21(20)26)18-11-10-16(12-17(18)23)9-8-15-6-4-3-5-7-15/h3-7,10-13,20H,1-2H3/q+1. The van der Waals surface area contributed by atoms with Gasteiger partial charge in [0, 0.05) is 11.1 Å². The Balaban J connectivity index is 1.67. The average Bonchev–Trinajstić information content (AvgIpc) is 3.09. The van der Waals surface area contributed by atoms with E-state index in [2.05, 4.69) is 11.8 Å². The molecule has 0 saturated heterocycles. The van der Waals surface area contributed by atoms with Crippen molar-refractivity contribution >= 4 is 46.7 Å². The molecule has 2 aliphatic heterocycles. The van der Waals surface area contributed by atoms with E-state index >= 15 is 0 Å². The van der Waals surface area contributed by atoms with Crippen molar-refractivity contribution in [2.45, 2.75) is 12.2 Å². The van der Waals surface area contributed by atoms with Gasteiger partial charge in [0.05, 0.1) is 12.1 Å². The van der Waals surface area contributed by atoms with Gasteiger partial charge in [0.15, 0.2) is 10.9 Å². The van der Waals surface area contributed by atoms with E-state index in [4.69, 9.17) is 11.6 Å². The molecule has 0 spiro atoms. The first kappa shape index (κ1) is 18.5. The molecule has 2 heterocycles. The van der Waals surface area contributed by atoms with Crippen LogP contribution in [-0.2, 0) is 4.79 Å². The summed E-state index contributed by atoms with van der Waals surface area (Å²) in [5, 5.41) is 1.80. The Hall–Kier alpha value is -2.81. The zero-order valence-corrected chi connectivity index (χ0v) is 16.8. The monoisotopic (exact) mass is 407 g/mol. The number of carbonyl (C=O) groups excluding carboxylic acids is 2. The molecule has 138 valence electrons. The Morgan fingerprint density at radius 3 is 2.50 bits per heavy atom. The van der Waals surface area contributed by atoms with Crippen molar-refractivity contribution < 1.29 is 14.2 Å². The molecule has 1 atom stereocenters. The lowest BCUT2D eigenvalue weighted by atomic mass is 10.1. The minimum Gasteiger partial charge on any atom is -0.244 e. The summed E-state index contributed by atoms with van der Waals surface area (Å²) in [5.41, 5.74) is 3.67. The highest BCUT2D eigenvalue weighted by molar-refractivity contribution is 8.04. The number of benzene rings is 2. The van der Waals surface area contributed by atoms with Gasteiger partial charge < -0.3 is 0 Å². The zero-order valence-electron chi connectivity index (χ0n) is 15.3. The van der Waals surface area contributed by atoms with Crippen LogP contribution in [0.25, 0.3) is 0 Å². The van der Waals surface area contributed by atoms with Crippen LogP contribution in [0.2, 0.25) is 5.02 Å². The van der Waals surface area contributed by atoms with Crippen LogP contribution in [0.5, 0.6) is 0 Å². The summed E-state index contributed by atoms with van der Waals surface area (Å²) in [7, 11) is 1.68. The van der Waals surface area contributed by atoms with Gasteiger partial charge in [0.2, 0.25) is 0 Å². The first-order valence-corrected chi connectivity index (χ1v) is 9.97. The van der Waals surface area contributed by atoms with Crippen molar-refractivity contribution in [2.75, 3.05) is 11.9 Å². The van der Waals surface area contributed by atoms with Crippen molar-refractivity contribution in [3.05, 3.63) is 75.7 Å². The summed E-state index contributed by atoms with van der Waals surface area (Å²) in [5.74, 6) is 5.85. The highest BCUT2D eigenvalue weighted by Crippen LogP contribution is 2.36. The fraction of sp³-hybridized carbons (Fsp3) is 0.136. The summed E-state index contributed by atoms with van der Waals surface area (Å²) in [4.78, 5) is 27.0. The number of rotatable bonds is 1. The largest absolute Gasteiger partial charge is 0.506 e. The molecule has 0 saturated carbocycles. The maximum Gasteiger partial charge on any atom is 0.506 e. The molecular formula is C22H16ClN2O2S+. The molecule has 0 radical (unpaired) electrons. The first-order chi connectivity index (χ1) is 13.5. The van der Waals surface area contributed by atoms with Crippen molar-refractivity contribution in [1.29, 1.82) is 0 Å². The minimum atomic E-state index is -0.420. The number of hydrogen-bond donors (Lipinski definition) is 0. The molecule has 4 rings (SSSR count). The van der Waals surface area contributed by atoms with Crippen LogP contribution in [0, 0.1) is 11.8 Å². The van der Waals surface area contributed by atoms with Gasteiger partial charge in [-0.1, -0.05) is 41.6 Å². The highest BCUT2D eigenvalue weighted by Gasteiger charge is 2.51. The Morgan fingerprint density at radius 1 is 1.07 bits per heavy atom. The second kappa shape index (κ2) is 7.31. The minimum absolute atomic E-state index is 0.277. The number of urea groups is 1. The summed E-state index contributed by atoms with van der Waals surface area (Å²) in [6, 6.07) is 14.3. The molecule has 6 heteroatoms. The number of thioether (sulfide) groups is 1. The number of hydrogen-bond acceptors (Lipinski definition) is 3. The quantitative estimate of drug-likeness (QED) is 0.522. The third-order valence-corrected chi connectivity index (χ3v) is 6.12. The molecule has 0 aliphatic carbocycles. The lowest BCUT2D eigenvalue weighted by molar-refractivity contribution is -0.392. The lowest BCUT2D eigenvalue weighted by Gasteiger charge is -2.23. The fourth-order valence-electron chi connectivity index (χ4n) is 3.24. The molecule has 0 aromatic heterocycles. The number of carbonyl (C=O) groups is 2. The molecule has 0 fully saturated rings. The average molecular weight is 408 g/mol. The van der Waals surface area contributed by atoms with E-state index < -0.39 is 11.3 Å². The Kier molecular flexibility index (Phi) is 4.84. The van der Waals surface area contributed by atoms with Gasteiger partial charge in [-0.2, -0.15) is 9.37 Å². The molecule has 2 aliphatic rings. The molecular weight excluding hydrogens is 392 g/mol. The first-order valence-electron chi connectivity index (χ1n) is 8.65. The number of halogens is 1. The molecule has 2 aromatic rings. The topological polar surface area (TPSA) is 40.4 Å². The fourth-order valence-corrected chi connectivity index (χ4v) is 4.66.